The summed E-state index contributed by atoms with van der Waals surface area (Å²) >= 11 is 6.62. The van der Waals surface area contributed by atoms with Crippen molar-refractivity contribution in [2.45, 2.75) is 57.8 Å². The van der Waals surface area contributed by atoms with E-state index in [1.807, 2.05) is 66.2 Å². The van der Waals surface area contributed by atoms with Crippen molar-refractivity contribution >= 4 is 22.5 Å². The number of rotatable bonds is 8. The molecule has 2 aromatic carbocycles. The van der Waals surface area contributed by atoms with E-state index in [4.69, 9.17) is 16.0 Å². The molecule has 9 heteroatoms. The van der Waals surface area contributed by atoms with Crippen molar-refractivity contribution in [3.8, 4) is 0 Å². The second-order valence-corrected chi connectivity index (χ2v) is 10.4. The zero-order chi connectivity index (χ0) is 26.1. The molecule has 38 heavy (non-hydrogen) atoms. The Morgan fingerprint density at radius 3 is 2.74 bits per heavy atom. The molecule has 6 rings (SSSR count). The van der Waals surface area contributed by atoms with Crippen LogP contribution in [0.2, 0.25) is 5.02 Å². The van der Waals surface area contributed by atoms with Crippen LogP contribution < -0.4 is 5.56 Å². The summed E-state index contributed by atoms with van der Waals surface area (Å²) in [7, 11) is 0. The van der Waals surface area contributed by atoms with Crippen LogP contribution >= 0.6 is 11.6 Å². The van der Waals surface area contributed by atoms with Crippen LogP contribution in [0.1, 0.15) is 66.0 Å². The smallest absolute Gasteiger partial charge is 0.253 e. The first kappa shape index (κ1) is 24.6. The van der Waals surface area contributed by atoms with Gasteiger partial charge in [-0.3, -0.25) is 9.69 Å². The number of tetrazole rings is 1. The molecular weight excluding hydrogens is 500 g/mol. The molecule has 1 saturated carbocycles. The molecule has 1 aliphatic rings. The third-order valence-electron chi connectivity index (χ3n) is 7.39. The van der Waals surface area contributed by atoms with Crippen LogP contribution in [0.25, 0.3) is 10.9 Å². The van der Waals surface area contributed by atoms with Gasteiger partial charge in [0.2, 0.25) is 0 Å². The highest BCUT2D eigenvalue weighted by atomic mass is 35.5. The second kappa shape index (κ2) is 10.6. The number of pyridine rings is 1. The number of nitrogens with one attached hydrogen (secondary N) is 1. The van der Waals surface area contributed by atoms with Gasteiger partial charge in [-0.2, -0.15) is 0 Å². The Morgan fingerprint density at radius 2 is 1.95 bits per heavy atom. The van der Waals surface area contributed by atoms with Gasteiger partial charge in [0.25, 0.3) is 5.56 Å². The molecule has 3 aromatic heterocycles. The lowest BCUT2D eigenvalue weighted by atomic mass is 10.0. The summed E-state index contributed by atoms with van der Waals surface area (Å²) in [5.74, 6) is 1.42. The molecule has 1 fully saturated rings. The van der Waals surface area contributed by atoms with E-state index in [0.29, 0.717) is 29.5 Å². The summed E-state index contributed by atoms with van der Waals surface area (Å²) in [5.41, 5.74) is 3.26. The number of fused-ring (bicyclic) bond motifs is 1. The number of halogens is 1. The molecule has 194 valence electrons. The van der Waals surface area contributed by atoms with Gasteiger partial charge in [0, 0.05) is 22.6 Å². The van der Waals surface area contributed by atoms with Crippen LogP contribution in [0.5, 0.6) is 0 Å². The van der Waals surface area contributed by atoms with Crippen LogP contribution in [0.15, 0.2) is 76.1 Å². The lowest BCUT2D eigenvalue weighted by Gasteiger charge is -2.31. The molecule has 5 aromatic rings. The van der Waals surface area contributed by atoms with Crippen molar-refractivity contribution in [1.82, 2.24) is 30.1 Å². The van der Waals surface area contributed by atoms with Crippen LogP contribution in [0, 0.1) is 6.92 Å². The van der Waals surface area contributed by atoms with E-state index in [0.717, 1.165) is 53.5 Å². The molecule has 0 amide bonds. The Bertz CT molecular complexity index is 1600. The summed E-state index contributed by atoms with van der Waals surface area (Å²) in [5, 5.41) is 14.7. The number of furan rings is 1. The number of nitrogens with zero attached hydrogens (tertiary/aromatic N) is 5. The second-order valence-electron chi connectivity index (χ2n) is 10.0. The van der Waals surface area contributed by atoms with Crippen molar-refractivity contribution in [3.05, 3.63) is 111 Å². The van der Waals surface area contributed by atoms with Gasteiger partial charge in [-0.15, -0.1) is 5.10 Å². The third-order valence-corrected chi connectivity index (χ3v) is 7.76. The molecule has 0 unspecified atom stereocenters. The number of aryl methyl sites for hydroxylation is 1. The molecule has 0 aliphatic heterocycles. The lowest BCUT2D eigenvalue weighted by Crippen LogP contribution is -2.35. The van der Waals surface area contributed by atoms with Gasteiger partial charge in [0.05, 0.1) is 18.8 Å². The summed E-state index contributed by atoms with van der Waals surface area (Å²) in [6.07, 6.45) is 5.97. The molecule has 0 spiro atoms. The highest BCUT2D eigenvalue weighted by Gasteiger charge is 2.34. The topological polar surface area (TPSA) is 92.8 Å². The highest BCUT2D eigenvalue weighted by Crippen LogP contribution is 2.35. The number of benzene rings is 2. The Hall–Kier alpha value is -3.75. The molecule has 0 bridgehead atoms. The minimum atomic E-state index is -0.541. The molecule has 1 aliphatic carbocycles. The van der Waals surface area contributed by atoms with Crippen molar-refractivity contribution in [1.29, 1.82) is 0 Å². The van der Waals surface area contributed by atoms with E-state index in [-0.39, 0.29) is 11.6 Å². The molecular formula is C29H29ClN6O2. The van der Waals surface area contributed by atoms with E-state index in [1.54, 1.807) is 6.26 Å². The van der Waals surface area contributed by atoms with E-state index >= 15 is 0 Å². The largest absolute Gasteiger partial charge is 0.468 e. The SMILES string of the molecule is Cc1ccc2[nH]c(=O)c([C@H](c3nnnn3C3CCCC3)N(Cc3ccco3)Cc3ccccc3Cl)cc2c1. The Balaban J connectivity index is 1.55. The predicted octanol–water partition coefficient (Wildman–Crippen LogP) is 5.98. The minimum absolute atomic E-state index is 0.170. The zero-order valence-corrected chi connectivity index (χ0v) is 21.9. The maximum atomic E-state index is 13.7. The van der Waals surface area contributed by atoms with Gasteiger partial charge >= 0.3 is 0 Å². The monoisotopic (exact) mass is 528 g/mol. The maximum Gasteiger partial charge on any atom is 0.253 e. The molecule has 1 atom stereocenters. The fraction of sp³-hybridized carbons (Fsp3) is 0.310. The predicted molar refractivity (Wildman–Crippen MR) is 146 cm³/mol. The van der Waals surface area contributed by atoms with Crippen molar-refractivity contribution < 1.29 is 4.42 Å². The van der Waals surface area contributed by atoms with Crippen LogP contribution in [0.4, 0.5) is 0 Å². The van der Waals surface area contributed by atoms with Gasteiger partial charge in [-0.25, -0.2) is 4.68 Å². The number of hydrogen-bond donors (Lipinski definition) is 1. The first-order valence-corrected chi connectivity index (χ1v) is 13.4. The Morgan fingerprint density at radius 1 is 1.11 bits per heavy atom. The fourth-order valence-corrected chi connectivity index (χ4v) is 5.72. The number of H-pyrrole nitrogens is 1. The average molecular weight is 529 g/mol. The first-order valence-electron chi connectivity index (χ1n) is 13.0. The molecule has 1 N–H and O–H groups in total. The Labute approximate surface area is 225 Å². The average Bonchev–Trinajstić information content (AvgIpc) is 3.69. The van der Waals surface area contributed by atoms with Crippen LogP contribution in [-0.2, 0) is 13.1 Å². The van der Waals surface area contributed by atoms with Gasteiger partial charge in [0.1, 0.15) is 11.8 Å². The van der Waals surface area contributed by atoms with Crippen LogP contribution in [0.3, 0.4) is 0 Å². The molecule has 0 saturated heterocycles. The van der Waals surface area contributed by atoms with Crippen LogP contribution in [-0.4, -0.2) is 30.1 Å². The summed E-state index contributed by atoms with van der Waals surface area (Å²) in [4.78, 5) is 19.0. The molecule has 8 nitrogen and oxygen atoms in total. The summed E-state index contributed by atoms with van der Waals surface area (Å²) in [6.45, 7) is 2.95. The Kier molecular flexibility index (Phi) is 6.82. The van der Waals surface area contributed by atoms with Crippen molar-refractivity contribution in [2.75, 3.05) is 0 Å². The maximum absolute atomic E-state index is 13.7. The number of aromatic amines is 1. The zero-order valence-electron chi connectivity index (χ0n) is 21.2. The van der Waals surface area contributed by atoms with Gasteiger partial charge < -0.3 is 9.40 Å². The highest BCUT2D eigenvalue weighted by molar-refractivity contribution is 6.31. The summed E-state index contributed by atoms with van der Waals surface area (Å²) < 4.78 is 7.69. The van der Waals surface area contributed by atoms with Gasteiger partial charge in [-0.05, 0) is 77.5 Å². The van der Waals surface area contributed by atoms with Gasteiger partial charge in [-0.1, -0.05) is 54.3 Å². The normalized spacial score (nSPS) is 15.0. The number of aromatic nitrogens is 5. The van der Waals surface area contributed by atoms with E-state index in [1.165, 1.54) is 0 Å². The minimum Gasteiger partial charge on any atom is -0.468 e. The first-order chi connectivity index (χ1) is 18.6. The molecule has 0 radical (unpaired) electrons. The summed E-state index contributed by atoms with van der Waals surface area (Å²) in [6, 6.07) is 19.2. The van der Waals surface area contributed by atoms with Gasteiger partial charge in [0.15, 0.2) is 5.82 Å². The quantitative estimate of drug-likeness (QED) is 0.266. The fourth-order valence-electron chi connectivity index (χ4n) is 5.52. The lowest BCUT2D eigenvalue weighted by molar-refractivity contribution is 0.176. The van der Waals surface area contributed by atoms with E-state index in [9.17, 15) is 4.79 Å². The standard InChI is InChI=1S/C29H29ClN6O2/c1-19-12-13-26-21(15-19)16-24(29(37)31-26)27(28-32-33-34-36(28)22-8-3-4-9-22)35(18-23-10-6-14-38-23)17-20-7-2-5-11-25(20)30/h2,5-7,10-16,22,27H,3-4,8-9,17-18H2,1H3,(H,31,37)/t27-/m1/s1. The van der Waals surface area contributed by atoms with E-state index in [2.05, 4.69) is 31.5 Å². The molecule has 3 heterocycles. The number of hydrogen-bond acceptors (Lipinski definition) is 6. The van der Waals surface area contributed by atoms with Crippen molar-refractivity contribution in [2.24, 2.45) is 0 Å². The van der Waals surface area contributed by atoms with E-state index < -0.39 is 6.04 Å². The third kappa shape index (κ3) is 4.89. The van der Waals surface area contributed by atoms with Crippen molar-refractivity contribution in [3.63, 3.8) is 0 Å².